The first-order valence-corrected chi connectivity index (χ1v) is 10.7. The van der Waals surface area contributed by atoms with Gasteiger partial charge in [-0.15, -0.1) is 0 Å². The molecular formula is C20H25N3O4S. The number of benzene rings is 2. The molecule has 1 amide bonds. The van der Waals surface area contributed by atoms with Gasteiger partial charge >= 0.3 is 0 Å². The molecule has 0 aliphatic rings. The van der Waals surface area contributed by atoms with Crippen LogP contribution in [-0.2, 0) is 14.8 Å². The minimum atomic E-state index is -3.61. The van der Waals surface area contributed by atoms with Crippen LogP contribution in [0.5, 0.6) is 5.75 Å². The molecule has 0 aromatic heterocycles. The number of nitrogens with one attached hydrogen (secondary N) is 1. The van der Waals surface area contributed by atoms with E-state index in [1.807, 2.05) is 38.1 Å². The van der Waals surface area contributed by atoms with Crippen molar-refractivity contribution >= 4 is 27.8 Å². The summed E-state index contributed by atoms with van der Waals surface area (Å²) in [4.78, 5) is 12.2. The summed E-state index contributed by atoms with van der Waals surface area (Å²) in [6.45, 7) is 4.23. The van der Waals surface area contributed by atoms with Crippen LogP contribution in [0.3, 0.4) is 0 Å². The Bertz CT molecular complexity index is 907. The zero-order valence-corrected chi connectivity index (χ0v) is 17.1. The number of anilines is 1. The first kappa shape index (κ1) is 21.4. The molecule has 2 aromatic carbocycles. The van der Waals surface area contributed by atoms with Crippen molar-refractivity contribution in [3.63, 3.8) is 0 Å². The highest BCUT2D eigenvalue weighted by Gasteiger charge is 2.20. The SMILES string of the molecule is CCCOc1ccc(/C=N\NC(=O)CN(c2ccc(C)cc2)S(C)(=O)=O)cc1. The molecule has 0 atom stereocenters. The number of rotatable bonds is 9. The number of amides is 1. The highest BCUT2D eigenvalue weighted by Crippen LogP contribution is 2.17. The summed E-state index contributed by atoms with van der Waals surface area (Å²) < 4.78 is 30.6. The van der Waals surface area contributed by atoms with E-state index < -0.39 is 15.9 Å². The normalized spacial score (nSPS) is 11.4. The Hall–Kier alpha value is -2.87. The summed E-state index contributed by atoms with van der Waals surface area (Å²) in [5, 5.41) is 3.89. The van der Waals surface area contributed by atoms with Crippen LogP contribution in [0, 0.1) is 6.92 Å². The lowest BCUT2D eigenvalue weighted by Gasteiger charge is -2.21. The summed E-state index contributed by atoms with van der Waals surface area (Å²) in [6, 6.07) is 14.2. The second kappa shape index (κ2) is 9.89. The van der Waals surface area contributed by atoms with Crippen molar-refractivity contribution in [2.75, 3.05) is 23.7 Å². The Morgan fingerprint density at radius 1 is 1.14 bits per heavy atom. The number of hydrogen-bond acceptors (Lipinski definition) is 5. The van der Waals surface area contributed by atoms with Gasteiger partial charge in [-0.1, -0.05) is 24.6 Å². The van der Waals surface area contributed by atoms with Gasteiger partial charge in [0.05, 0.1) is 24.8 Å². The number of hydrazone groups is 1. The van der Waals surface area contributed by atoms with Crippen molar-refractivity contribution in [3.8, 4) is 5.75 Å². The zero-order valence-electron chi connectivity index (χ0n) is 16.3. The number of ether oxygens (including phenoxy) is 1. The molecule has 0 fully saturated rings. The third kappa shape index (κ3) is 6.70. The second-order valence-corrected chi connectivity index (χ2v) is 8.22. The lowest BCUT2D eigenvalue weighted by Crippen LogP contribution is -2.39. The van der Waals surface area contributed by atoms with Crippen LogP contribution < -0.4 is 14.5 Å². The molecule has 7 nitrogen and oxygen atoms in total. The molecule has 0 saturated carbocycles. The quantitative estimate of drug-likeness (QED) is 0.515. The van der Waals surface area contributed by atoms with Gasteiger partial charge in [-0.25, -0.2) is 13.8 Å². The standard InChI is InChI=1S/C20H25N3O4S/c1-4-13-27-19-11-7-17(8-12-19)14-21-22-20(24)15-23(28(3,25)26)18-9-5-16(2)6-10-18/h5-12,14H,4,13,15H2,1-3H3,(H,22,24)/b21-14-. The van der Waals surface area contributed by atoms with Crippen molar-refractivity contribution in [2.24, 2.45) is 5.10 Å². The van der Waals surface area contributed by atoms with Crippen LogP contribution in [0.15, 0.2) is 53.6 Å². The van der Waals surface area contributed by atoms with E-state index in [1.54, 1.807) is 24.3 Å². The fraction of sp³-hybridized carbons (Fsp3) is 0.300. The lowest BCUT2D eigenvalue weighted by atomic mass is 10.2. The molecule has 28 heavy (non-hydrogen) atoms. The highest BCUT2D eigenvalue weighted by molar-refractivity contribution is 7.92. The van der Waals surface area contributed by atoms with Crippen molar-refractivity contribution in [3.05, 3.63) is 59.7 Å². The van der Waals surface area contributed by atoms with E-state index in [0.29, 0.717) is 12.3 Å². The number of nitrogens with zero attached hydrogens (tertiary/aromatic N) is 2. The summed E-state index contributed by atoms with van der Waals surface area (Å²) in [6.07, 6.45) is 3.48. The molecule has 2 aromatic rings. The van der Waals surface area contributed by atoms with Gasteiger partial charge in [-0.2, -0.15) is 5.10 Å². The monoisotopic (exact) mass is 403 g/mol. The molecule has 0 heterocycles. The fourth-order valence-corrected chi connectivity index (χ4v) is 3.18. The molecule has 150 valence electrons. The maximum atomic E-state index is 12.2. The van der Waals surface area contributed by atoms with Gasteiger partial charge in [-0.3, -0.25) is 9.10 Å². The van der Waals surface area contributed by atoms with Crippen LogP contribution >= 0.6 is 0 Å². The lowest BCUT2D eigenvalue weighted by molar-refractivity contribution is -0.119. The van der Waals surface area contributed by atoms with Gasteiger partial charge in [0.15, 0.2) is 0 Å². The van der Waals surface area contributed by atoms with Gasteiger partial charge in [0.2, 0.25) is 10.0 Å². The van der Waals surface area contributed by atoms with Crippen molar-refractivity contribution < 1.29 is 17.9 Å². The first-order valence-electron chi connectivity index (χ1n) is 8.88. The van der Waals surface area contributed by atoms with Crippen LogP contribution in [-0.4, -0.2) is 39.9 Å². The van der Waals surface area contributed by atoms with Crippen LogP contribution in [0.2, 0.25) is 0 Å². The minimum Gasteiger partial charge on any atom is -0.494 e. The fourth-order valence-electron chi connectivity index (χ4n) is 2.33. The third-order valence-electron chi connectivity index (χ3n) is 3.77. The minimum absolute atomic E-state index is 0.358. The zero-order chi connectivity index (χ0) is 20.6. The molecule has 0 unspecified atom stereocenters. The van der Waals surface area contributed by atoms with E-state index in [0.717, 1.165) is 33.9 Å². The summed E-state index contributed by atoms with van der Waals surface area (Å²) in [5.41, 5.74) is 4.56. The summed E-state index contributed by atoms with van der Waals surface area (Å²) in [5.74, 6) is 0.232. The third-order valence-corrected chi connectivity index (χ3v) is 4.91. The molecule has 0 bridgehead atoms. The van der Waals surface area contributed by atoms with E-state index in [-0.39, 0.29) is 6.54 Å². The Kier molecular flexibility index (Phi) is 7.57. The molecular weight excluding hydrogens is 378 g/mol. The molecule has 0 saturated heterocycles. The summed E-state index contributed by atoms with van der Waals surface area (Å²) in [7, 11) is -3.61. The number of carbonyl (C=O) groups is 1. The predicted molar refractivity (Wildman–Crippen MR) is 111 cm³/mol. The largest absolute Gasteiger partial charge is 0.494 e. The maximum absolute atomic E-state index is 12.2. The Morgan fingerprint density at radius 2 is 1.79 bits per heavy atom. The van der Waals surface area contributed by atoms with Gasteiger partial charge in [0.25, 0.3) is 5.91 Å². The average Bonchev–Trinajstić information content (AvgIpc) is 2.65. The van der Waals surface area contributed by atoms with E-state index in [2.05, 4.69) is 10.5 Å². The number of carbonyl (C=O) groups excluding carboxylic acids is 1. The number of sulfonamides is 1. The van der Waals surface area contributed by atoms with Gasteiger partial charge in [0, 0.05) is 0 Å². The average molecular weight is 404 g/mol. The molecule has 8 heteroatoms. The smallest absolute Gasteiger partial charge is 0.260 e. The van der Waals surface area contributed by atoms with Gasteiger partial charge < -0.3 is 4.74 Å². The first-order chi connectivity index (χ1) is 13.3. The Morgan fingerprint density at radius 3 is 2.36 bits per heavy atom. The maximum Gasteiger partial charge on any atom is 0.260 e. The van der Waals surface area contributed by atoms with Crippen molar-refractivity contribution in [2.45, 2.75) is 20.3 Å². The topological polar surface area (TPSA) is 88.1 Å². The summed E-state index contributed by atoms with van der Waals surface area (Å²) >= 11 is 0. The number of hydrogen-bond donors (Lipinski definition) is 1. The Balaban J connectivity index is 1.97. The van der Waals surface area contributed by atoms with Crippen molar-refractivity contribution in [1.82, 2.24) is 5.43 Å². The molecule has 0 aliphatic carbocycles. The Labute approximate surface area is 166 Å². The van der Waals surface area contributed by atoms with E-state index >= 15 is 0 Å². The molecule has 2 rings (SSSR count). The van der Waals surface area contributed by atoms with Crippen LogP contribution in [0.4, 0.5) is 5.69 Å². The number of aryl methyl sites for hydroxylation is 1. The molecule has 0 radical (unpaired) electrons. The predicted octanol–water partition coefficient (Wildman–Crippen LogP) is 2.70. The van der Waals surface area contributed by atoms with Crippen molar-refractivity contribution in [1.29, 1.82) is 0 Å². The molecule has 1 N–H and O–H groups in total. The molecule has 0 aliphatic heterocycles. The van der Waals surface area contributed by atoms with Gasteiger partial charge in [0.1, 0.15) is 12.3 Å². The van der Waals surface area contributed by atoms with Gasteiger partial charge in [-0.05, 0) is 55.3 Å². The second-order valence-electron chi connectivity index (χ2n) is 6.32. The van der Waals surface area contributed by atoms with Crippen LogP contribution in [0.1, 0.15) is 24.5 Å². The van der Waals surface area contributed by atoms with Crippen LogP contribution in [0.25, 0.3) is 0 Å². The van der Waals surface area contributed by atoms with E-state index in [1.165, 1.54) is 6.21 Å². The highest BCUT2D eigenvalue weighted by atomic mass is 32.2. The van der Waals surface area contributed by atoms with E-state index in [4.69, 9.17) is 4.74 Å². The molecule has 0 spiro atoms. The van der Waals surface area contributed by atoms with E-state index in [9.17, 15) is 13.2 Å².